The molecule has 1 N–H and O–H groups in total. The zero-order valence-electron chi connectivity index (χ0n) is 11.2. The summed E-state index contributed by atoms with van der Waals surface area (Å²) < 4.78 is 0. The Morgan fingerprint density at radius 1 is 1.22 bits per heavy atom. The lowest BCUT2D eigenvalue weighted by Gasteiger charge is -2.10. The summed E-state index contributed by atoms with van der Waals surface area (Å²) in [5.41, 5.74) is 5.62. The minimum atomic E-state index is 0.478. The van der Waals surface area contributed by atoms with Crippen LogP contribution in [0.3, 0.4) is 0 Å². The predicted octanol–water partition coefficient (Wildman–Crippen LogP) is 4.64. The van der Waals surface area contributed by atoms with Crippen LogP contribution in [0.15, 0.2) is 24.3 Å². The van der Waals surface area contributed by atoms with Gasteiger partial charge in [0.15, 0.2) is 0 Å². The molecule has 0 aliphatic carbocycles. The molecule has 94 valence electrons. The summed E-state index contributed by atoms with van der Waals surface area (Å²) in [5.74, 6) is 0. The van der Waals surface area contributed by atoms with Crippen molar-refractivity contribution in [1.82, 2.24) is 0 Å². The summed E-state index contributed by atoms with van der Waals surface area (Å²) >= 11 is 1.95. The van der Waals surface area contributed by atoms with Gasteiger partial charge in [-0.2, -0.15) is 0 Å². The highest BCUT2D eigenvalue weighted by atomic mass is 32.1. The minimum Gasteiger partial charge on any atom is -0.377 e. The van der Waals surface area contributed by atoms with Crippen molar-refractivity contribution < 1.29 is 0 Å². The Bertz CT molecular complexity index is 583. The van der Waals surface area contributed by atoms with Crippen molar-refractivity contribution in [3.8, 4) is 0 Å². The zero-order chi connectivity index (χ0) is 12.7. The molecule has 0 spiro atoms. The van der Waals surface area contributed by atoms with Gasteiger partial charge >= 0.3 is 0 Å². The van der Waals surface area contributed by atoms with E-state index in [9.17, 15) is 0 Å². The van der Waals surface area contributed by atoms with E-state index in [2.05, 4.69) is 50.4 Å². The van der Waals surface area contributed by atoms with E-state index in [1.54, 1.807) is 0 Å². The number of hydrogen-bond acceptors (Lipinski definition) is 2. The van der Waals surface area contributed by atoms with Crippen LogP contribution < -0.4 is 5.32 Å². The standard InChI is InChI=1S/C16H19NS/c1-4-13-7-8-15(18-13)14-9-12-6-5-10(2)11(3)16(12)17-14/h5-8,14,17H,4,9H2,1-3H3. The van der Waals surface area contributed by atoms with E-state index < -0.39 is 0 Å². The molecule has 0 fully saturated rings. The second kappa shape index (κ2) is 4.43. The normalized spacial score (nSPS) is 17.6. The second-order valence-electron chi connectivity index (χ2n) is 5.10. The van der Waals surface area contributed by atoms with E-state index in [1.807, 2.05) is 11.3 Å². The number of benzene rings is 1. The fourth-order valence-corrected chi connectivity index (χ4v) is 3.64. The fourth-order valence-electron chi connectivity index (χ4n) is 2.63. The van der Waals surface area contributed by atoms with Gasteiger partial charge in [0.2, 0.25) is 0 Å². The summed E-state index contributed by atoms with van der Waals surface area (Å²) in [6.07, 6.45) is 2.27. The van der Waals surface area contributed by atoms with Crippen LogP contribution in [0, 0.1) is 13.8 Å². The van der Waals surface area contributed by atoms with Crippen LogP contribution in [0.25, 0.3) is 0 Å². The van der Waals surface area contributed by atoms with Crippen molar-refractivity contribution in [2.45, 2.75) is 39.7 Å². The Labute approximate surface area is 113 Å². The van der Waals surface area contributed by atoms with Crippen LogP contribution in [0.2, 0.25) is 0 Å². The lowest BCUT2D eigenvalue weighted by molar-refractivity contribution is 0.843. The maximum Gasteiger partial charge on any atom is 0.0647 e. The van der Waals surface area contributed by atoms with Gasteiger partial charge in [-0.05, 0) is 55.5 Å². The first-order valence-corrected chi connectivity index (χ1v) is 7.45. The van der Waals surface area contributed by atoms with Crippen LogP contribution >= 0.6 is 11.3 Å². The second-order valence-corrected chi connectivity index (χ2v) is 6.30. The third kappa shape index (κ3) is 1.85. The molecule has 1 aromatic heterocycles. The van der Waals surface area contributed by atoms with E-state index in [0.717, 1.165) is 12.8 Å². The quantitative estimate of drug-likeness (QED) is 0.826. The monoisotopic (exact) mass is 257 g/mol. The Morgan fingerprint density at radius 2 is 2.06 bits per heavy atom. The zero-order valence-corrected chi connectivity index (χ0v) is 12.0. The molecule has 1 unspecified atom stereocenters. The molecule has 1 aromatic carbocycles. The lowest BCUT2D eigenvalue weighted by atomic mass is 10.0. The summed E-state index contributed by atoms with van der Waals surface area (Å²) in [6.45, 7) is 6.63. The first-order chi connectivity index (χ1) is 8.69. The van der Waals surface area contributed by atoms with Gasteiger partial charge in [-0.1, -0.05) is 19.1 Å². The number of anilines is 1. The van der Waals surface area contributed by atoms with Crippen LogP contribution in [-0.4, -0.2) is 0 Å². The maximum atomic E-state index is 3.71. The number of aryl methyl sites for hydroxylation is 2. The first kappa shape index (κ1) is 11.8. The van der Waals surface area contributed by atoms with Crippen LogP contribution in [-0.2, 0) is 12.8 Å². The summed E-state index contributed by atoms with van der Waals surface area (Å²) in [5, 5.41) is 3.71. The molecule has 1 nitrogen and oxygen atoms in total. The van der Waals surface area contributed by atoms with E-state index in [0.29, 0.717) is 6.04 Å². The van der Waals surface area contributed by atoms with Crippen molar-refractivity contribution >= 4 is 17.0 Å². The number of fused-ring (bicyclic) bond motifs is 1. The van der Waals surface area contributed by atoms with Crippen molar-refractivity contribution in [2.75, 3.05) is 5.32 Å². The van der Waals surface area contributed by atoms with Gasteiger partial charge < -0.3 is 5.32 Å². The van der Waals surface area contributed by atoms with Crippen LogP contribution in [0.4, 0.5) is 5.69 Å². The summed E-state index contributed by atoms with van der Waals surface area (Å²) in [7, 11) is 0. The van der Waals surface area contributed by atoms with Crippen molar-refractivity contribution in [3.63, 3.8) is 0 Å². The SMILES string of the molecule is CCc1ccc(C2Cc3ccc(C)c(C)c3N2)s1. The lowest BCUT2D eigenvalue weighted by Crippen LogP contribution is -2.03. The molecule has 0 radical (unpaired) electrons. The van der Waals surface area contributed by atoms with E-state index in [1.165, 1.54) is 32.1 Å². The topological polar surface area (TPSA) is 12.0 Å². The fraction of sp³-hybridized carbons (Fsp3) is 0.375. The van der Waals surface area contributed by atoms with Gasteiger partial charge in [0.1, 0.15) is 0 Å². The molecular formula is C16H19NS. The molecule has 0 saturated carbocycles. The highest BCUT2D eigenvalue weighted by molar-refractivity contribution is 7.12. The number of rotatable bonds is 2. The molecule has 1 aliphatic heterocycles. The Morgan fingerprint density at radius 3 is 2.78 bits per heavy atom. The Balaban J connectivity index is 1.90. The van der Waals surface area contributed by atoms with Gasteiger partial charge in [0, 0.05) is 15.4 Å². The van der Waals surface area contributed by atoms with Gasteiger partial charge in [-0.3, -0.25) is 0 Å². The van der Waals surface area contributed by atoms with E-state index >= 15 is 0 Å². The maximum absolute atomic E-state index is 3.71. The molecule has 2 heteroatoms. The van der Waals surface area contributed by atoms with Gasteiger partial charge in [0.25, 0.3) is 0 Å². The van der Waals surface area contributed by atoms with Crippen LogP contribution in [0.1, 0.15) is 39.4 Å². The predicted molar refractivity (Wildman–Crippen MR) is 79.7 cm³/mol. The Hall–Kier alpha value is -1.28. The molecule has 2 heterocycles. The molecule has 2 aromatic rings. The van der Waals surface area contributed by atoms with Crippen molar-refractivity contribution in [3.05, 3.63) is 50.7 Å². The van der Waals surface area contributed by atoms with E-state index in [-0.39, 0.29) is 0 Å². The highest BCUT2D eigenvalue weighted by Crippen LogP contribution is 2.39. The average molecular weight is 257 g/mol. The summed E-state index contributed by atoms with van der Waals surface area (Å²) in [6, 6.07) is 9.55. The largest absolute Gasteiger partial charge is 0.377 e. The average Bonchev–Trinajstić information content (AvgIpc) is 2.99. The molecule has 3 rings (SSSR count). The van der Waals surface area contributed by atoms with Gasteiger partial charge in [-0.25, -0.2) is 0 Å². The number of thiophene rings is 1. The third-order valence-corrected chi connectivity index (χ3v) is 5.28. The third-order valence-electron chi connectivity index (χ3n) is 3.94. The Kier molecular flexibility index (Phi) is 2.90. The molecule has 18 heavy (non-hydrogen) atoms. The minimum absolute atomic E-state index is 0.478. The smallest absolute Gasteiger partial charge is 0.0647 e. The van der Waals surface area contributed by atoms with Gasteiger partial charge in [-0.15, -0.1) is 11.3 Å². The van der Waals surface area contributed by atoms with Crippen molar-refractivity contribution in [2.24, 2.45) is 0 Å². The molecule has 0 saturated heterocycles. The highest BCUT2D eigenvalue weighted by Gasteiger charge is 2.24. The number of nitrogens with one attached hydrogen (secondary N) is 1. The van der Waals surface area contributed by atoms with Gasteiger partial charge in [0.05, 0.1) is 6.04 Å². The molecule has 0 bridgehead atoms. The molecule has 1 aliphatic rings. The molecular weight excluding hydrogens is 238 g/mol. The first-order valence-electron chi connectivity index (χ1n) is 6.63. The summed E-state index contributed by atoms with van der Waals surface area (Å²) in [4.78, 5) is 2.95. The van der Waals surface area contributed by atoms with Crippen LogP contribution in [0.5, 0.6) is 0 Å². The molecule has 0 amide bonds. The molecule has 1 atom stereocenters. The number of hydrogen-bond donors (Lipinski definition) is 1. The van der Waals surface area contributed by atoms with E-state index in [4.69, 9.17) is 0 Å². The van der Waals surface area contributed by atoms with Crippen molar-refractivity contribution in [1.29, 1.82) is 0 Å².